The Labute approximate surface area is 153 Å². The number of benzene rings is 2. The zero-order valence-corrected chi connectivity index (χ0v) is 14.4. The second-order valence-corrected chi connectivity index (χ2v) is 6.33. The van der Waals surface area contributed by atoms with E-state index in [-0.39, 0.29) is 0 Å². The van der Waals surface area contributed by atoms with Crippen LogP contribution < -0.4 is 14.4 Å². The van der Waals surface area contributed by atoms with Crippen molar-refractivity contribution in [2.24, 2.45) is 0 Å². The summed E-state index contributed by atoms with van der Waals surface area (Å²) in [6.07, 6.45) is 0. The monoisotopic (exact) mass is 378 g/mol. The molecule has 0 aromatic heterocycles. The highest BCUT2D eigenvalue weighted by Crippen LogP contribution is 2.34. The van der Waals surface area contributed by atoms with Gasteiger partial charge in [-0.25, -0.2) is 13.2 Å². The van der Waals surface area contributed by atoms with Crippen LogP contribution in [0.25, 0.3) is 0 Å². The average Bonchev–Trinajstić information content (AvgIpc) is 2.71. The van der Waals surface area contributed by atoms with Crippen molar-refractivity contribution in [3.63, 3.8) is 0 Å². The van der Waals surface area contributed by atoms with Gasteiger partial charge in [-0.15, -0.1) is 0 Å². The number of piperazine rings is 1. The molecular weight excluding hydrogens is 361 g/mol. The Balaban J connectivity index is 1.45. The molecular formula is C19H17F3N2O3. The third-order valence-corrected chi connectivity index (χ3v) is 4.72. The summed E-state index contributed by atoms with van der Waals surface area (Å²) in [5.41, 5.74) is 0.479. The maximum absolute atomic E-state index is 13.9. The van der Waals surface area contributed by atoms with Crippen LogP contribution in [0.5, 0.6) is 11.5 Å². The normalized spacial score (nSPS) is 16.4. The summed E-state index contributed by atoms with van der Waals surface area (Å²) in [5.74, 6) is -3.65. The van der Waals surface area contributed by atoms with Gasteiger partial charge in [0, 0.05) is 37.9 Å². The highest BCUT2D eigenvalue weighted by molar-refractivity contribution is 5.94. The molecule has 0 unspecified atom stereocenters. The zero-order valence-electron chi connectivity index (χ0n) is 14.4. The number of nitrogens with zero attached hydrogens (tertiary/aromatic N) is 2. The summed E-state index contributed by atoms with van der Waals surface area (Å²) < 4.78 is 51.4. The summed E-state index contributed by atoms with van der Waals surface area (Å²) >= 11 is 0. The van der Waals surface area contributed by atoms with Crippen molar-refractivity contribution in [3.05, 3.63) is 53.3 Å². The van der Waals surface area contributed by atoms with Crippen LogP contribution in [0.15, 0.2) is 30.3 Å². The second-order valence-electron chi connectivity index (χ2n) is 6.33. The highest BCUT2D eigenvalue weighted by Gasteiger charge is 2.27. The number of hydrogen-bond acceptors (Lipinski definition) is 4. The minimum Gasteiger partial charge on any atom is -0.486 e. The molecule has 0 radical (unpaired) electrons. The number of amides is 1. The molecule has 2 aromatic carbocycles. The minimum absolute atomic E-state index is 0.339. The first-order valence-electron chi connectivity index (χ1n) is 8.62. The summed E-state index contributed by atoms with van der Waals surface area (Å²) in [5, 5.41) is 0. The van der Waals surface area contributed by atoms with E-state index in [1.54, 1.807) is 0 Å². The quantitative estimate of drug-likeness (QED) is 0.754. The third-order valence-electron chi connectivity index (χ3n) is 4.72. The molecule has 2 heterocycles. The number of carbonyl (C=O) groups excluding carboxylic acids is 1. The Hall–Kier alpha value is -2.90. The average molecular weight is 378 g/mol. The van der Waals surface area contributed by atoms with Crippen molar-refractivity contribution >= 4 is 11.6 Å². The third kappa shape index (κ3) is 3.27. The maximum atomic E-state index is 13.9. The van der Waals surface area contributed by atoms with E-state index in [0.29, 0.717) is 50.9 Å². The van der Waals surface area contributed by atoms with Gasteiger partial charge in [-0.1, -0.05) is 0 Å². The lowest BCUT2D eigenvalue weighted by atomic mass is 10.1. The molecule has 0 aliphatic carbocycles. The van der Waals surface area contributed by atoms with Crippen LogP contribution in [0.3, 0.4) is 0 Å². The number of halogens is 3. The van der Waals surface area contributed by atoms with Gasteiger partial charge in [0.1, 0.15) is 13.2 Å². The molecule has 2 aliphatic heterocycles. The van der Waals surface area contributed by atoms with Crippen LogP contribution in [0.2, 0.25) is 0 Å². The number of ether oxygens (including phenoxy) is 2. The summed E-state index contributed by atoms with van der Waals surface area (Å²) in [6.45, 7) is 2.75. The van der Waals surface area contributed by atoms with Crippen molar-refractivity contribution in [1.82, 2.24) is 4.90 Å². The molecule has 1 fully saturated rings. The molecule has 0 N–H and O–H groups in total. The summed E-state index contributed by atoms with van der Waals surface area (Å²) in [6, 6.07) is 7.39. The van der Waals surface area contributed by atoms with Gasteiger partial charge in [-0.05, 0) is 24.3 Å². The van der Waals surface area contributed by atoms with Crippen molar-refractivity contribution in [2.75, 3.05) is 44.3 Å². The Morgan fingerprint density at radius 3 is 2.30 bits per heavy atom. The van der Waals surface area contributed by atoms with E-state index in [2.05, 4.69) is 4.90 Å². The number of fused-ring (bicyclic) bond motifs is 1. The van der Waals surface area contributed by atoms with Gasteiger partial charge < -0.3 is 19.3 Å². The van der Waals surface area contributed by atoms with Crippen molar-refractivity contribution < 1.29 is 27.4 Å². The van der Waals surface area contributed by atoms with Gasteiger partial charge in [0.2, 0.25) is 0 Å². The van der Waals surface area contributed by atoms with Gasteiger partial charge >= 0.3 is 0 Å². The molecule has 8 heteroatoms. The van der Waals surface area contributed by atoms with Gasteiger partial charge in [0.15, 0.2) is 29.0 Å². The summed E-state index contributed by atoms with van der Waals surface area (Å²) in [4.78, 5) is 16.0. The molecule has 2 aliphatic rings. The lowest BCUT2D eigenvalue weighted by molar-refractivity contribution is 0.0740. The molecule has 142 valence electrons. The molecule has 1 amide bonds. The standard InChI is InChI=1S/C19H17F3N2O3/c20-14-3-2-13(17(21)18(14)22)19(25)24-7-5-23(6-8-24)12-1-4-15-16(11-12)27-10-9-26-15/h1-4,11H,5-10H2. The lowest BCUT2D eigenvalue weighted by Crippen LogP contribution is -2.49. The Morgan fingerprint density at radius 1 is 0.852 bits per heavy atom. The first-order chi connectivity index (χ1) is 13.0. The van der Waals surface area contributed by atoms with E-state index in [9.17, 15) is 18.0 Å². The van der Waals surface area contributed by atoms with Crippen LogP contribution >= 0.6 is 0 Å². The fourth-order valence-corrected chi connectivity index (χ4v) is 3.26. The Bertz CT molecular complexity index is 883. The highest BCUT2D eigenvalue weighted by atomic mass is 19.2. The van der Waals surface area contributed by atoms with Gasteiger partial charge in [0.05, 0.1) is 5.56 Å². The molecule has 27 heavy (non-hydrogen) atoms. The molecule has 4 rings (SSSR count). The predicted molar refractivity (Wildman–Crippen MR) is 91.9 cm³/mol. The number of carbonyl (C=O) groups is 1. The first kappa shape index (κ1) is 17.5. The van der Waals surface area contributed by atoms with E-state index in [1.807, 2.05) is 18.2 Å². The van der Waals surface area contributed by atoms with E-state index in [4.69, 9.17) is 9.47 Å². The van der Waals surface area contributed by atoms with Crippen LogP contribution in [0.1, 0.15) is 10.4 Å². The number of hydrogen-bond donors (Lipinski definition) is 0. The molecule has 1 saturated heterocycles. The fraction of sp³-hybridized carbons (Fsp3) is 0.316. The molecule has 0 bridgehead atoms. The molecule has 5 nitrogen and oxygen atoms in total. The van der Waals surface area contributed by atoms with Crippen LogP contribution in [0, 0.1) is 17.5 Å². The largest absolute Gasteiger partial charge is 0.486 e. The Morgan fingerprint density at radius 2 is 1.56 bits per heavy atom. The van der Waals surface area contributed by atoms with Crippen LogP contribution in [-0.2, 0) is 0 Å². The van der Waals surface area contributed by atoms with E-state index < -0.39 is 28.9 Å². The van der Waals surface area contributed by atoms with Crippen LogP contribution in [0.4, 0.5) is 18.9 Å². The zero-order chi connectivity index (χ0) is 19.0. The number of anilines is 1. The smallest absolute Gasteiger partial charge is 0.257 e. The molecule has 0 atom stereocenters. The topological polar surface area (TPSA) is 42.0 Å². The van der Waals surface area contributed by atoms with Crippen molar-refractivity contribution in [1.29, 1.82) is 0 Å². The fourth-order valence-electron chi connectivity index (χ4n) is 3.26. The summed E-state index contributed by atoms with van der Waals surface area (Å²) in [7, 11) is 0. The minimum atomic E-state index is -1.63. The van der Waals surface area contributed by atoms with Gasteiger partial charge in [-0.2, -0.15) is 0 Å². The SMILES string of the molecule is O=C(c1ccc(F)c(F)c1F)N1CCN(c2ccc3c(c2)OCCO3)CC1. The van der Waals surface area contributed by atoms with Crippen molar-refractivity contribution in [2.45, 2.75) is 0 Å². The van der Waals surface area contributed by atoms with Gasteiger partial charge in [-0.3, -0.25) is 4.79 Å². The second kappa shape index (κ2) is 7.02. The van der Waals surface area contributed by atoms with Crippen LogP contribution in [-0.4, -0.2) is 50.2 Å². The maximum Gasteiger partial charge on any atom is 0.257 e. The molecule has 0 saturated carbocycles. The van der Waals surface area contributed by atoms with Gasteiger partial charge in [0.25, 0.3) is 5.91 Å². The van der Waals surface area contributed by atoms with E-state index in [1.165, 1.54) is 4.90 Å². The van der Waals surface area contributed by atoms with Crippen molar-refractivity contribution in [3.8, 4) is 11.5 Å². The van der Waals surface area contributed by atoms with E-state index in [0.717, 1.165) is 17.8 Å². The molecule has 2 aromatic rings. The lowest BCUT2D eigenvalue weighted by Gasteiger charge is -2.36. The Kier molecular flexibility index (Phi) is 4.55. The first-order valence-corrected chi connectivity index (χ1v) is 8.62. The number of rotatable bonds is 2. The van der Waals surface area contributed by atoms with E-state index >= 15 is 0 Å². The predicted octanol–water partition coefficient (Wildman–Crippen LogP) is 2.84. The molecule has 0 spiro atoms.